The quantitative estimate of drug-likeness (QED) is 0.670. The fourth-order valence-electron chi connectivity index (χ4n) is 3.01. The molecule has 0 unspecified atom stereocenters. The maximum Gasteiger partial charge on any atom is 0.263 e. The summed E-state index contributed by atoms with van der Waals surface area (Å²) in [5, 5.41) is 7.00. The van der Waals surface area contributed by atoms with Crippen molar-refractivity contribution in [1.29, 1.82) is 0 Å². The number of benzene rings is 1. The standard InChI is InChI=1S/C20H22N4O2S2/c1-14-18(28-20(22-14)24-9-11-26-12-10-24)19(25)21-8-7-17-23-16(13-27-17)15-5-3-2-4-6-15/h2-6,13H,7-12H2,1H3,(H,21,25). The molecule has 1 aromatic carbocycles. The summed E-state index contributed by atoms with van der Waals surface area (Å²) in [5.41, 5.74) is 2.88. The van der Waals surface area contributed by atoms with Crippen molar-refractivity contribution in [2.75, 3.05) is 37.7 Å². The third-order valence-corrected chi connectivity index (χ3v) is 6.64. The molecule has 0 saturated carbocycles. The maximum absolute atomic E-state index is 12.6. The van der Waals surface area contributed by atoms with Crippen molar-refractivity contribution < 1.29 is 9.53 Å². The molecule has 1 aliphatic rings. The van der Waals surface area contributed by atoms with Crippen LogP contribution in [0.1, 0.15) is 20.4 Å². The average molecular weight is 415 g/mol. The van der Waals surface area contributed by atoms with E-state index in [2.05, 4.69) is 37.7 Å². The van der Waals surface area contributed by atoms with Gasteiger partial charge in [-0.2, -0.15) is 0 Å². The third-order valence-electron chi connectivity index (χ3n) is 4.52. The molecule has 146 valence electrons. The Hall–Kier alpha value is -2.29. The Morgan fingerprint density at radius 3 is 2.79 bits per heavy atom. The molecule has 0 aliphatic carbocycles. The van der Waals surface area contributed by atoms with Gasteiger partial charge in [-0.3, -0.25) is 4.79 Å². The molecule has 0 bridgehead atoms. The minimum Gasteiger partial charge on any atom is -0.378 e. The number of rotatable bonds is 6. The summed E-state index contributed by atoms with van der Waals surface area (Å²) in [5.74, 6) is -0.0608. The van der Waals surface area contributed by atoms with Crippen molar-refractivity contribution in [2.24, 2.45) is 0 Å². The van der Waals surface area contributed by atoms with Gasteiger partial charge in [0.05, 0.1) is 29.6 Å². The summed E-state index contributed by atoms with van der Waals surface area (Å²) in [4.78, 5) is 24.7. The molecule has 3 aromatic rings. The van der Waals surface area contributed by atoms with Crippen molar-refractivity contribution in [3.05, 3.63) is 51.3 Å². The molecule has 0 radical (unpaired) electrons. The molecule has 28 heavy (non-hydrogen) atoms. The first-order valence-electron chi connectivity index (χ1n) is 9.29. The third kappa shape index (κ3) is 4.40. The first-order valence-corrected chi connectivity index (χ1v) is 11.0. The second-order valence-electron chi connectivity index (χ2n) is 6.51. The lowest BCUT2D eigenvalue weighted by molar-refractivity contribution is 0.0957. The summed E-state index contributed by atoms with van der Waals surface area (Å²) >= 11 is 3.08. The number of aryl methyl sites for hydroxylation is 1. The fourth-order valence-corrected chi connectivity index (χ4v) is 4.86. The molecule has 1 saturated heterocycles. The number of aromatic nitrogens is 2. The minimum atomic E-state index is -0.0608. The Labute approximate surface area is 172 Å². The lowest BCUT2D eigenvalue weighted by atomic mass is 10.2. The monoisotopic (exact) mass is 414 g/mol. The van der Waals surface area contributed by atoms with Crippen molar-refractivity contribution >= 4 is 33.7 Å². The summed E-state index contributed by atoms with van der Waals surface area (Å²) in [6.07, 6.45) is 0.720. The molecule has 3 heterocycles. The van der Waals surface area contributed by atoms with Crippen LogP contribution in [-0.2, 0) is 11.2 Å². The highest BCUT2D eigenvalue weighted by molar-refractivity contribution is 7.17. The summed E-state index contributed by atoms with van der Waals surface area (Å²) in [6, 6.07) is 10.1. The zero-order chi connectivity index (χ0) is 19.3. The Morgan fingerprint density at radius 2 is 2.00 bits per heavy atom. The number of nitrogens with zero attached hydrogens (tertiary/aromatic N) is 3. The van der Waals surface area contributed by atoms with Crippen molar-refractivity contribution in [1.82, 2.24) is 15.3 Å². The van der Waals surface area contributed by atoms with E-state index in [4.69, 9.17) is 4.74 Å². The van der Waals surface area contributed by atoms with E-state index in [0.717, 1.165) is 46.6 Å². The SMILES string of the molecule is Cc1nc(N2CCOCC2)sc1C(=O)NCCc1nc(-c2ccccc2)cs1. The van der Waals surface area contributed by atoms with Crippen LogP contribution >= 0.6 is 22.7 Å². The van der Waals surface area contributed by atoms with Crippen LogP contribution < -0.4 is 10.2 Å². The number of carbonyl (C=O) groups excluding carboxylic acids is 1. The Kier molecular flexibility index (Phi) is 5.99. The molecule has 6 nitrogen and oxygen atoms in total. The molecule has 1 N–H and O–H groups in total. The number of anilines is 1. The van der Waals surface area contributed by atoms with Crippen LogP contribution in [-0.4, -0.2) is 48.7 Å². The van der Waals surface area contributed by atoms with Crippen LogP contribution in [0.15, 0.2) is 35.7 Å². The van der Waals surface area contributed by atoms with Gasteiger partial charge in [0, 0.05) is 37.0 Å². The van der Waals surface area contributed by atoms with E-state index in [9.17, 15) is 4.79 Å². The van der Waals surface area contributed by atoms with Gasteiger partial charge >= 0.3 is 0 Å². The van der Waals surface area contributed by atoms with Gasteiger partial charge in [0.2, 0.25) is 0 Å². The number of morpholine rings is 1. The van der Waals surface area contributed by atoms with Crippen LogP contribution in [0.4, 0.5) is 5.13 Å². The van der Waals surface area contributed by atoms with Crippen molar-refractivity contribution in [3.63, 3.8) is 0 Å². The molecular weight excluding hydrogens is 392 g/mol. The van der Waals surface area contributed by atoms with E-state index < -0.39 is 0 Å². The normalized spacial score (nSPS) is 14.2. The highest BCUT2D eigenvalue weighted by Gasteiger charge is 2.20. The molecular formula is C20H22N4O2S2. The molecule has 8 heteroatoms. The highest BCUT2D eigenvalue weighted by atomic mass is 32.1. The molecule has 0 spiro atoms. The van der Waals surface area contributed by atoms with Crippen LogP contribution in [0, 0.1) is 6.92 Å². The Morgan fingerprint density at radius 1 is 1.21 bits per heavy atom. The van der Waals surface area contributed by atoms with Crippen LogP contribution in [0.3, 0.4) is 0 Å². The smallest absolute Gasteiger partial charge is 0.263 e. The molecule has 1 fully saturated rings. The van der Waals surface area contributed by atoms with E-state index in [1.807, 2.05) is 25.1 Å². The van der Waals surface area contributed by atoms with E-state index in [1.54, 1.807) is 11.3 Å². The van der Waals surface area contributed by atoms with Gasteiger partial charge < -0.3 is 15.0 Å². The molecule has 0 atom stereocenters. The minimum absolute atomic E-state index is 0.0608. The van der Waals surface area contributed by atoms with Gasteiger partial charge in [-0.1, -0.05) is 41.7 Å². The molecule has 4 rings (SSSR count). The molecule has 2 aromatic heterocycles. The zero-order valence-corrected chi connectivity index (χ0v) is 17.3. The second kappa shape index (κ2) is 8.81. The van der Waals surface area contributed by atoms with Crippen LogP contribution in [0.2, 0.25) is 0 Å². The number of ether oxygens (including phenoxy) is 1. The van der Waals surface area contributed by atoms with Gasteiger partial charge in [-0.15, -0.1) is 11.3 Å². The van der Waals surface area contributed by atoms with Gasteiger partial charge in [-0.25, -0.2) is 9.97 Å². The predicted molar refractivity (Wildman–Crippen MR) is 113 cm³/mol. The van der Waals surface area contributed by atoms with Crippen molar-refractivity contribution in [2.45, 2.75) is 13.3 Å². The van der Waals surface area contributed by atoms with E-state index in [-0.39, 0.29) is 5.91 Å². The van der Waals surface area contributed by atoms with Gasteiger partial charge in [0.1, 0.15) is 4.88 Å². The Balaban J connectivity index is 1.32. The van der Waals surface area contributed by atoms with Gasteiger partial charge in [0.15, 0.2) is 5.13 Å². The first kappa shape index (κ1) is 19.0. The summed E-state index contributed by atoms with van der Waals surface area (Å²) < 4.78 is 5.38. The second-order valence-corrected chi connectivity index (χ2v) is 8.43. The number of carbonyl (C=O) groups is 1. The summed E-state index contributed by atoms with van der Waals surface area (Å²) in [6.45, 7) is 5.51. The maximum atomic E-state index is 12.6. The average Bonchev–Trinajstić information content (AvgIpc) is 3.36. The van der Waals surface area contributed by atoms with Crippen LogP contribution in [0.25, 0.3) is 11.3 Å². The predicted octanol–water partition coefficient (Wildman–Crippen LogP) is 3.38. The van der Waals surface area contributed by atoms with Gasteiger partial charge in [-0.05, 0) is 6.92 Å². The van der Waals surface area contributed by atoms with Crippen LogP contribution in [0.5, 0.6) is 0 Å². The fraction of sp³-hybridized carbons (Fsp3) is 0.350. The number of hydrogen-bond acceptors (Lipinski definition) is 7. The zero-order valence-electron chi connectivity index (χ0n) is 15.7. The van der Waals surface area contributed by atoms with E-state index in [0.29, 0.717) is 24.6 Å². The topological polar surface area (TPSA) is 67.4 Å². The van der Waals surface area contributed by atoms with Gasteiger partial charge in [0.25, 0.3) is 5.91 Å². The van der Waals surface area contributed by atoms with Crippen molar-refractivity contribution in [3.8, 4) is 11.3 Å². The lowest BCUT2D eigenvalue weighted by Gasteiger charge is -2.25. The first-order chi connectivity index (χ1) is 13.7. The molecule has 1 aliphatic heterocycles. The number of nitrogens with one attached hydrogen (secondary N) is 1. The number of hydrogen-bond donors (Lipinski definition) is 1. The highest BCUT2D eigenvalue weighted by Crippen LogP contribution is 2.27. The summed E-state index contributed by atoms with van der Waals surface area (Å²) in [7, 11) is 0. The van der Waals surface area contributed by atoms with E-state index >= 15 is 0 Å². The number of thiazole rings is 2. The lowest BCUT2D eigenvalue weighted by Crippen LogP contribution is -2.36. The van der Waals surface area contributed by atoms with E-state index in [1.165, 1.54) is 11.3 Å². The largest absolute Gasteiger partial charge is 0.378 e. The Bertz CT molecular complexity index is 933. The molecule has 1 amide bonds. The number of amides is 1.